The Labute approximate surface area is 161 Å². The first-order chi connectivity index (χ1) is 12.6. The molecule has 6 nitrogen and oxygen atoms in total. The summed E-state index contributed by atoms with van der Waals surface area (Å²) < 4.78 is 22.5. The van der Waals surface area contributed by atoms with Crippen molar-refractivity contribution in [1.29, 1.82) is 0 Å². The zero-order valence-electron chi connectivity index (χ0n) is 16.1. The van der Waals surface area contributed by atoms with Gasteiger partial charge in [0.05, 0.1) is 11.9 Å². The quantitative estimate of drug-likeness (QED) is 0.606. The molecular formula is C20H28N3O3S+. The summed E-state index contributed by atoms with van der Waals surface area (Å²) in [5.74, 6) is -0.00146. The molecule has 0 heterocycles. The highest BCUT2D eigenvalue weighted by atomic mass is 32.2. The Morgan fingerprint density at radius 2 is 1.78 bits per heavy atom. The standard InChI is InChI=1S/C20H27N3O3S/c1-15-4-7-18(16(2)12-15)13-23(3)14-20(24)22-11-10-17-5-8-19(9-6-17)27(21,25)26/h4-9,12H,10-11,13-14H2,1-3H3,(H,22,24)(H2,21,25,26)/p+1. The van der Waals surface area contributed by atoms with E-state index >= 15 is 0 Å². The van der Waals surface area contributed by atoms with Gasteiger partial charge >= 0.3 is 0 Å². The summed E-state index contributed by atoms with van der Waals surface area (Å²) in [6, 6.07) is 12.8. The van der Waals surface area contributed by atoms with Crippen LogP contribution in [-0.2, 0) is 27.8 Å². The number of amides is 1. The van der Waals surface area contributed by atoms with Crippen LogP contribution in [0.4, 0.5) is 0 Å². The van der Waals surface area contributed by atoms with Crippen LogP contribution in [0.1, 0.15) is 22.3 Å². The predicted molar refractivity (Wildman–Crippen MR) is 106 cm³/mol. The number of sulfonamides is 1. The lowest BCUT2D eigenvalue weighted by Gasteiger charge is -2.15. The normalized spacial score (nSPS) is 12.6. The molecule has 0 radical (unpaired) electrons. The van der Waals surface area contributed by atoms with Gasteiger partial charge < -0.3 is 10.2 Å². The summed E-state index contributed by atoms with van der Waals surface area (Å²) in [5, 5.41) is 7.99. The van der Waals surface area contributed by atoms with Gasteiger partial charge in [-0.3, -0.25) is 4.79 Å². The van der Waals surface area contributed by atoms with Crippen LogP contribution in [0.3, 0.4) is 0 Å². The van der Waals surface area contributed by atoms with E-state index in [9.17, 15) is 13.2 Å². The minimum Gasteiger partial charge on any atom is -0.351 e. The lowest BCUT2D eigenvalue weighted by molar-refractivity contribution is -0.885. The number of nitrogens with one attached hydrogen (secondary N) is 2. The number of quaternary nitrogens is 1. The molecule has 0 spiro atoms. The predicted octanol–water partition coefficient (Wildman–Crippen LogP) is 0.324. The molecule has 0 aliphatic heterocycles. The van der Waals surface area contributed by atoms with E-state index in [-0.39, 0.29) is 10.8 Å². The first kappa shape index (κ1) is 21.1. The molecule has 2 aromatic carbocycles. The molecule has 0 bridgehead atoms. The molecule has 2 aromatic rings. The third-order valence-electron chi connectivity index (χ3n) is 4.44. The first-order valence-electron chi connectivity index (χ1n) is 8.91. The molecule has 146 valence electrons. The largest absolute Gasteiger partial charge is 0.351 e. The van der Waals surface area contributed by atoms with E-state index in [2.05, 4.69) is 37.4 Å². The monoisotopic (exact) mass is 390 g/mol. The molecule has 2 rings (SSSR count). The van der Waals surface area contributed by atoms with Crippen LogP contribution in [0.2, 0.25) is 0 Å². The van der Waals surface area contributed by atoms with Gasteiger partial charge in [-0.25, -0.2) is 13.6 Å². The van der Waals surface area contributed by atoms with Crippen LogP contribution in [-0.4, -0.2) is 34.5 Å². The van der Waals surface area contributed by atoms with E-state index in [1.54, 1.807) is 12.1 Å². The van der Waals surface area contributed by atoms with Gasteiger partial charge in [0.1, 0.15) is 6.54 Å². The number of hydrogen-bond donors (Lipinski definition) is 3. The van der Waals surface area contributed by atoms with Crippen molar-refractivity contribution in [2.24, 2.45) is 5.14 Å². The maximum atomic E-state index is 12.1. The van der Waals surface area contributed by atoms with Crippen molar-refractivity contribution in [3.8, 4) is 0 Å². The van der Waals surface area contributed by atoms with E-state index in [1.165, 1.54) is 28.8 Å². The van der Waals surface area contributed by atoms with E-state index in [0.29, 0.717) is 19.5 Å². The summed E-state index contributed by atoms with van der Waals surface area (Å²) in [6.07, 6.45) is 0.632. The highest BCUT2D eigenvalue weighted by molar-refractivity contribution is 7.89. The summed E-state index contributed by atoms with van der Waals surface area (Å²) in [7, 11) is -1.67. The summed E-state index contributed by atoms with van der Waals surface area (Å²) in [4.78, 5) is 13.3. The van der Waals surface area contributed by atoms with Gasteiger partial charge in [0, 0.05) is 12.1 Å². The fourth-order valence-electron chi connectivity index (χ4n) is 2.96. The summed E-state index contributed by atoms with van der Waals surface area (Å²) >= 11 is 0. The molecule has 0 saturated heterocycles. The van der Waals surface area contributed by atoms with Gasteiger partial charge in [-0.1, -0.05) is 35.9 Å². The fraction of sp³-hybridized carbons (Fsp3) is 0.350. The van der Waals surface area contributed by atoms with Crippen LogP contribution in [0.25, 0.3) is 0 Å². The molecule has 1 amide bonds. The molecule has 1 atom stereocenters. The minimum absolute atomic E-state index is 0.00146. The Bertz CT molecular complexity index is 893. The van der Waals surface area contributed by atoms with E-state index in [0.717, 1.165) is 17.0 Å². The second-order valence-corrected chi connectivity index (χ2v) is 8.59. The second-order valence-electron chi connectivity index (χ2n) is 7.03. The molecule has 27 heavy (non-hydrogen) atoms. The maximum Gasteiger partial charge on any atom is 0.275 e. The van der Waals surface area contributed by atoms with E-state index < -0.39 is 10.0 Å². The van der Waals surface area contributed by atoms with E-state index in [1.807, 2.05) is 7.05 Å². The molecule has 0 aromatic heterocycles. The molecule has 0 fully saturated rings. The Morgan fingerprint density at radius 3 is 2.37 bits per heavy atom. The molecule has 4 N–H and O–H groups in total. The van der Waals surface area contributed by atoms with Crippen LogP contribution in [0.15, 0.2) is 47.4 Å². The maximum absolute atomic E-state index is 12.1. The number of carbonyl (C=O) groups excluding carboxylic acids is 1. The van der Waals surface area contributed by atoms with Crippen molar-refractivity contribution in [1.82, 2.24) is 5.32 Å². The summed E-state index contributed by atoms with van der Waals surface area (Å²) in [6.45, 7) is 5.87. The third-order valence-corrected chi connectivity index (χ3v) is 5.37. The van der Waals surface area contributed by atoms with Crippen molar-refractivity contribution < 1.29 is 18.1 Å². The number of likely N-dealkylation sites (N-methyl/N-ethyl adjacent to an activating group) is 1. The number of hydrogen-bond acceptors (Lipinski definition) is 3. The number of rotatable bonds is 8. The molecule has 7 heteroatoms. The van der Waals surface area contributed by atoms with Crippen molar-refractivity contribution in [3.63, 3.8) is 0 Å². The zero-order chi connectivity index (χ0) is 20.0. The Kier molecular flexibility index (Phi) is 7.12. The van der Waals surface area contributed by atoms with Crippen molar-refractivity contribution in [2.45, 2.75) is 31.7 Å². The van der Waals surface area contributed by atoms with Crippen LogP contribution in [0, 0.1) is 13.8 Å². The molecule has 0 saturated carbocycles. The lowest BCUT2D eigenvalue weighted by Crippen LogP contribution is -3.09. The second kappa shape index (κ2) is 9.12. The van der Waals surface area contributed by atoms with Gasteiger partial charge in [-0.15, -0.1) is 0 Å². The number of aryl methyl sites for hydroxylation is 2. The average molecular weight is 391 g/mol. The van der Waals surface area contributed by atoms with Crippen molar-refractivity contribution in [2.75, 3.05) is 20.1 Å². The lowest BCUT2D eigenvalue weighted by atomic mass is 10.1. The van der Waals surface area contributed by atoms with Crippen LogP contribution >= 0.6 is 0 Å². The van der Waals surface area contributed by atoms with Gasteiger partial charge in [-0.05, 0) is 43.5 Å². The number of nitrogens with two attached hydrogens (primary N) is 1. The Hall–Kier alpha value is -2.22. The van der Waals surface area contributed by atoms with Crippen molar-refractivity contribution >= 4 is 15.9 Å². The highest BCUT2D eigenvalue weighted by Gasteiger charge is 2.12. The zero-order valence-corrected chi connectivity index (χ0v) is 16.9. The molecule has 0 aliphatic carbocycles. The molecular weight excluding hydrogens is 362 g/mol. The molecule has 0 aliphatic rings. The number of primary sulfonamides is 1. The smallest absolute Gasteiger partial charge is 0.275 e. The number of benzene rings is 2. The fourth-order valence-corrected chi connectivity index (χ4v) is 3.48. The Balaban J connectivity index is 1.77. The SMILES string of the molecule is Cc1ccc(C[NH+](C)CC(=O)NCCc2ccc(S(N)(=O)=O)cc2)c(C)c1. The van der Waals surface area contributed by atoms with Gasteiger partial charge in [0.2, 0.25) is 10.0 Å². The van der Waals surface area contributed by atoms with Crippen LogP contribution < -0.4 is 15.4 Å². The topological polar surface area (TPSA) is 93.7 Å². The number of carbonyl (C=O) groups is 1. The Morgan fingerprint density at radius 1 is 1.11 bits per heavy atom. The van der Waals surface area contributed by atoms with E-state index in [4.69, 9.17) is 5.14 Å². The van der Waals surface area contributed by atoms with Crippen molar-refractivity contribution in [3.05, 3.63) is 64.7 Å². The summed E-state index contributed by atoms with van der Waals surface area (Å²) in [5.41, 5.74) is 4.68. The third kappa shape index (κ3) is 6.78. The highest BCUT2D eigenvalue weighted by Crippen LogP contribution is 2.09. The van der Waals surface area contributed by atoms with Crippen LogP contribution in [0.5, 0.6) is 0 Å². The van der Waals surface area contributed by atoms with Gasteiger partial charge in [0.25, 0.3) is 5.91 Å². The average Bonchev–Trinajstić information content (AvgIpc) is 2.57. The minimum atomic E-state index is -3.67. The molecule has 1 unspecified atom stereocenters. The van der Waals surface area contributed by atoms with Gasteiger partial charge in [-0.2, -0.15) is 0 Å². The first-order valence-corrected chi connectivity index (χ1v) is 10.5. The van der Waals surface area contributed by atoms with Gasteiger partial charge in [0.15, 0.2) is 6.54 Å².